The van der Waals surface area contributed by atoms with E-state index in [-0.39, 0.29) is 28.6 Å². The Bertz CT molecular complexity index is 1270. The summed E-state index contributed by atoms with van der Waals surface area (Å²) in [6.45, 7) is 3.33. The van der Waals surface area contributed by atoms with Gasteiger partial charge in [-0.2, -0.15) is 4.31 Å². The van der Waals surface area contributed by atoms with Crippen molar-refractivity contribution in [3.63, 3.8) is 0 Å². The molecule has 1 N–H and O–H groups in total. The van der Waals surface area contributed by atoms with E-state index in [0.717, 1.165) is 41.9 Å². The molecule has 9 heteroatoms. The molecule has 0 aliphatic carbocycles. The second-order valence-corrected chi connectivity index (χ2v) is 10.5. The Balaban J connectivity index is 1.51. The minimum atomic E-state index is -3.54. The Labute approximate surface area is 185 Å². The molecule has 1 saturated heterocycles. The predicted molar refractivity (Wildman–Crippen MR) is 123 cm³/mol. The standard InChI is InChI=1S/C22H25N3O4S2/c1-2-16-7-3-4-8-18(16)23-21(26)11-14-25-19-10-9-17(15-20(19)30-22(25)27)31(28,29)24-12-5-6-13-24/h3-4,7-10,15H,2,5-6,11-14H2,1H3,(H,23,26). The lowest BCUT2D eigenvalue weighted by Gasteiger charge is -2.15. The molecular formula is C22H25N3O4S2. The van der Waals surface area contributed by atoms with Crippen molar-refractivity contribution in [1.29, 1.82) is 0 Å². The fourth-order valence-electron chi connectivity index (χ4n) is 3.87. The summed E-state index contributed by atoms with van der Waals surface area (Å²) in [6.07, 6.45) is 2.71. The highest BCUT2D eigenvalue weighted by Crippen LogP contribution is 2.26. The number of nitrogens with zero attached hydrogens (tertiary/aromatic N) is 2. The number of anilines is 1. The first-order valence-electron chi connectivity index (χ1n) is 10.4. The number of aromatic nitrogens is 1. The first-order chi connectivity index (χ1) is 14.9. The predicted octanol–water partition coefficient (Wildman–Crippen LogP) is 3.44. The molecule has 0 spiro atoms. The Morgan fingerprint density at radius 3 is 2.61 bits per heavy atom. The zero-order valence-electron chi connectivity index (χ0n) is 17.3. The molecule has 1 fully saturated rings. The van der Waals surface area contributed by atoms with Gasteiger partial charge in [-0.1, -0.05) is 36.5 Å². The highest BCUT2D eigenvalue weighted by molar-refractivity contribution is 7.89. The van der Waals surface area contributed by atoms with Gasteiger partial charge in [0, 0.05) is 31.7 Å². The normalized spacial score (nSPS) is 14.9. The lowest BCUT2D eigenvalue weighted by molar-refractivity contribution is -0.116. The van der Waals surface area contributed by atoms with Crippen LogP contribution in [0.25, 0.3) is 10.2 Å². The van der Waals surface area contributed by atoms with Crippen LogP contribution in [0.2, 0.25) is 0 Å². The van der Waals surface area contributed by atoms with E-state index in [4.69, 9.17) is 0 Å². The number of para-hydroxylation sites is 1. The second kappa shape index (κ2) is 8.94. The number of thiazole rings is 1. The van der Waals surface area contributed by atoms with Crippen molar-refractivity contribution in [3.8, 4) is 0 Å². The molecule has 1 aliphatic rings. The summed E-state index contributed by atoms with van der Waals surface area (Å²) >= 11 is 1.01. The van der Waals surface area contributed by atoms with Gasteiger partial charge < -0.3 is 5.32 Å². The highest BCUT2D eigenvalue weighted by atomic mass is 32.2. The summed E-state index contributed by atoms with van der Waals surface area (Å²) in [4.78, 5) is 25.0. The van der Waals surface area contributed by atoms with Crippen molar-refractivity contribution in [2.45, 2.75) is 44.0 Å². The third-order valence-corrected chi connectivity index (χ3v) is 8.41. The number of rotatable bonds is 7. The van der Waals surface area contributed by atoms with Crippen LogP contribution >= 0.6 is 11.3 Å². The molecule has 7 nitrogen and oxygen atoms in total. The number of hydrogen-bond donors (Lipinski definition) is 1. The Morgan fingerprint density at radius 2 is 1.87 bits per heavy atom. The average molecular weight is 460 g/mol. The molecule has 3 aromatic rings. The van der Waals surface area contributed by atoms with E-state index in [1.807, 2.05) is 31.2 Å². The van der Waals surface area contributed by atoms with E-state index in [1.54, 1.807) is 18.2 Å². The van der Waals surface area contributed by atoms with Crippen LogP contribution < -0.4 is 10.2 Å². The molecule has 2 heterocycles. The smallest absolute Gasteiger partial charge is 0.308 e. The molecule has 0 bridgehead atoms. The zero-order chi connectivity index (χ0) is 22.0. The zero-order valence-corrected chi connectivity index (χ0v) is 19.0. The minimum Gasteiger partial charge on any atom is -0.326 e. The van der Waals surface area contributed by atoms with Crippen LogP contribution in [-0.4, -0.2) is 36.3 Å². The summed E-state index contributed by atoms with van der Waals surface area (Å²) in [6, 6.07) is 12.4. The summed E-state index contributed by atoms with van der Waals surface area (Å²) < 4.78 is 29.3. The molecule has 31 heavy (non-hydrogen) atoms. The van der Waals surface area contributed by atoms with Gasteiger partial charge in [-0.3, -0.25) is 14.2 Å². The molecule has 0 radical (unpaired) electrons. The lowest BCUT2D eigenvalue weighted by atomic mass is 10.1. The minimum absolute atomic E-state index is 0.150. The van der Waals surface area contributed by atoms with Crippen molar-refractivity contribution in [3.05, 3.63) is 57.7 Å². The number of sulfonamides is 1. The fraction of sp³-hybridized carbons (Fsp3) is 0.364. The number of nitrogens with one attached hydrogen (secondary N) is 1. The van der Waals surface area contributed by atoms with E-state index >= 15 is 0 Å². The molecule has 4 rings (SSSR count). The fourth-order valence-corrected chi connectivity index (χ4v) is 6.45. The van der Waals surface area contributed by atoms with Crippen molar-refractivity contribution in [2.75, 3.05) is 18.4 Å². The Morgan fingerprint density at radius 1 is 1.13 bits per heavy atom. The maximum atomic E-state index is 12.8. The Hall–Kier alpha value is -2.49. The molecule has 0 unspecified atom stereocenters. The Kier molecular flexibility index (Phi) is 6.27. The number of amides is 1. The van der Waals surface area contributed by atoms with Crippen LogP contribution in [0.15, 0.2) is 52.2 Å². The van der Waals surface area contributed by atoms with Crippen LogP contribution in [0, 0.1) is 0 Å². The van der Waals surface area contributed by atoms with Gasteiger partial charge in [-0.25, -0.2) is 8.42 Å². The first-order valence-corrected chi connectivity index (χ1v) is 12.7. The van der Waals surface area contributed by atoms with Crippen LogP contribution in [0.1, 0.15) is 31.7 Å². The van der Waals surface area contributed by atoms with Crippen molar-refractivity contribution >= 4 is 43.2 Å². The SMILES string of the molecule is CCc1ccccc1NC(=O)CCn1c(=O)sc2cc(S(=O)(=O)N3CCCC3)ccc21. The van der Waals surface area contributed by atoms with E-state index in [0.29, 0.717) is 23.3 Å². The molecule has 164 valence electrons. The topological polar surface area (TPSA) is 88.5 Å². The molecule has 0 atom stereocenters. The number of carbonyl (C=O) groups excluding carboxylic acids is 1. The molecular weight excluding hydrogens is 434 g/mol. The number of hydrogen-bond acceptors (Lipinski definition) is 5. The maximum Gasteiger partial charge on any atom is 0.308 e. The van der Waals surface area contributed by atoms with Crippen LogP contribution in [0.5, 0.6) is 0 Å². The molecule has 2 aromatic carbocycles. The number of benzene rings is 2. The van der Waals surface area contributed by atoms with Crippen LogP contribution in [0.3, 0.4) is 0 Å². The van der Waals surface area contributed by atoms with Crippen LogP contribution in [0.4, 0.5) is 5.69 Å². The quantitative estimate of drug-likeness (QED) is 0.586. The van der Waals surface area contributed by atoms with E-state index < -0.39 is 10.0 Å². The van der Waals surface area contributed by atoms with Gasteiger partial charge in [0.2, 0.25) is 15.9 Å². The number of aryl methyl sites for hydroxylation is 2. The van der Waals surface area contributed by atoms with Crippen LogP contribution in [-0.2, 0) is 27.8 Å². The van der Waals surface area contributed by atoms with E-state index in [1.165, 1.54) is 8.87 Å². The van der Waals surface area contributed by atoms with Gasteiger partial charge in [0.05, 0.1) is 15.1 Å². The first kappa shape index (κ1) is 21.7. The van der Waals surface area contributed by atoms with Gasteiger partial charge in [-0.15, -0.1) is 0 Å². The largest absolute Gasteiger partial charge is 0.326 e. The van der Waals surface area contributed by atoms with Gasteiger partial charge in [0.15, 0.2) is 0 Å². The van der Waals surface area contributed by atoms with Crippen molar-refractivity contribution in [2.24, 2.45) is 0 Å². The second-order valence-electron chi connectivity index (χ2n) is 7.57. The maximum absolute atomic E-state index is 12.8. The van der Waals surface area contributed by atoms with Gasteiger partial charge in [0.1, 0.15) is 0 Å². The summed E-state index contributed by atoms with van der Waals surface area (Å²) in [5.74, 6) is -0.166. The van der Waals surface area contributed by atoms with Crippen molar-refractivity contribution in [1.82, 2.24) is 8.87 Å². The average Bonchev–Trinajstić information content (AvgIpc) is 3.40. The van der Waals surface area contributed by atoms with E-state index in [9.17, 15) is 18.0 Å². The van der Waals surface area contributed by atoms with Gasteiger partial charge in [0.25, 0.3) is 0 Å². The molecule has 1 aliphatic heterocycles. The molecule has 0 saturated carbocycles. The monoisotopic (exact) mass is 459 g/mol. The highest BCUT2D eigenvalue weighted by Gasteiger charge is 2.27. The number of fused-ring (bicyclic) bond motifs is 1. The van der Waals surface area contributed by atoms with Gasteiger partial charge in [-0.05, 0) is 49.1 Å². The summed E-state index contributed by atoms with van der Waals surface area (Å²) in [5.41, 5.74) is 2.49. The van der Waals surface area contributed by atoms with E-state index in [2.05, 4.69) is 5.32 Å². The molecule has 1 amide bonds. The lowest BCUT2D eigenvalue weighted by Crippen LogP contribution is -2.27. The summed E-state index contributed by atoms with van der Waals surface area (Å²) in [7, 11) is -3.54. The summed E-state index contributed by atoms with van der Waals surface area (Å²) in [5, 5.41) is 2.92. The van der Waals surface area contributed by atoms with Crippen molar-refractivity contribution < 1.29 is 13.2 Å². The third kappa shape index (κ3) is 4.44. The third-order valence-electron chi connectivity index (χ3n) is 5.58. The van der Waals surface area contributed by atoms with Gasteiger partial charge >= 0.3 is 4.87 Å². The molecule has 1 aromatic heterocycles. The number of carbonyl (C=O) groups is 1.